The molecule has 13 heavy (non-hydrogen) atoms. The molecule has 1 fully saturated rings. The lowest BCUT2D eigenvalue weighted by molar-refractivity contribution is 0.417. The SMILES string of the molecule is NCc1cccc(C2(CF)CC2)c1. The Kier molecular flexibility index (Phi) is 2.08. The molecule has 1 aliphatic rings. The highest BCUT2D eigenvalue weighted by Gasteiger charge is 2.44. The number of benzene rings is 1. The number of hydrogen-bond donors (Lipinski definition) is 1. The minimum atomic E-state index is -0.235. The number of hydrogen-bond acceptors (Lipinski definition) is 1. The van der Waals surface area contributed by atoms with Crippen LogP contribution >= 0.6 is 0 Å². The van der Waals surface area contributed by atoms with E-state index in [0.29, 0.717) is 6.54 Å². The van der Waals surface area contributed by atoms with Gasteiger partial charge < -0.3 is 5.73 Å². The average molecular weight is 179 g/mol. The molecule has 0 spiro atoms. The van der Waals surface area contributed by atoms with E-state index < -0.39 is 0 Å². The van der Waals surface area contributed by atoms with Crippen molar-refractivity contribution in [2.75, 3.05) is 6.67 Å². The molecule has 0 bridgehead atoms. The average Bonchev–Trinajstić information content (AvgIpc) is 2.99. The van der Waals surface area contributed by atoms with Gasteiger partial charge in [-0.1, -0.05) is 24.3 Å². The summed E-state index contributed by atoms with van der Waals surface area (Å²) in [6.45, 7) is 0.303. The van der Waals surface area contributed by atoms with Crippen molar-refractivity contribution >= 4 is 0 Å². The second kappa shape index (κ2) is 3.11. The highest BCUT2D eigenvalue weighted by atomic mass is 19.1. The summed E-state index contributed by atoms with van der Waals surface area (Å²) in [6.07, 6.45) is 1.97. The third-order valence-electron chi connectivity index (χ3n) is 2.88. The molecule has 0 heterocycles. The van der Waals surface area contributed by atoms with Crippen LogP contribution in [0.5, 0.6) is 0 Å². The van der Waals surface area contributed by atoms with E-state index in [9.17, 15) is 4.39 Å². The molecule has 0 radical (unpaired) electrons. The van der Waals surface area contributed by atoms with Crippen molar-refractivity contribution in [3.63, 3.8) is 0 Å². The van der Waals surface area contributed by atoms with E-state index in [2.05, 4.69) is 0 Å². The van der Waals surface area contributed by atoms with E-state index in [0.717, 1.165) is 24.0 Å². The van der Waals surface area contributed by atoms with Crippen LogP contribution in [0.2, 0.25) is 0 Å². The molecule has 2 N–H and O–H groups in total. The number of halogens is 1. The van der Waals surface area contributed by atoms with Crippen LogP contribution in [0.25, 0.3) is 0 Å². The van der Waals surface area contributed by atoms with Crippen LogP contribution in [-0.4, -0.2) is 6.67 Å². The zero-order chi connectivity index (χ0) is 9.31. The number of alkyl halides is 1. The molecule has 70 valence electrons. The largest absolute Gasteiger partial charge is 0.326 e. The molecular formula is C11H14FN. The summed E-state index contributed by atoms with van der Waals surface area (Å²) in [7, 11) is 0. The normalized spacial score (nSPS) is 18.6. The molecule has 1 aromatic carbocycles. The summed E-state index contributed by atoms with van der Waals surface area (Å²) in [5.74, 6) is 0. The fraction of sp³-hybridized carbons (Fsp3) is 0.455. The molecule has 1 nitrogen and oxygen atoms in total. The van der Waals surface area contributed by atoms with Crippen molar-refractivity contribution in [3.8, 4) is 0 Å². The predicted octanol–water partition coefficient (Wildman–Crippen LogP) is 2.15. The molecule has 1 aromatic rings. The molecule has 0 unspecified atom stereocenters. The number of nitrogens with two attached hydrogens (primary N) is 1. The minimum Gasteiger partial charge on any atom is -0.326 e. The van der Waals surface area contributed by atoms with Crippen LogP contribution in [-0.2, 0) is 12.0 Å². The van der Waals surface area contributed by atoms with Gasteiger partial charge in [0.2, 0.25) is 0 Å². The Hall–Kier alpha value is -0.890. The predicted molar refractivity (Wildman–Crippen MR) is 51.2 cm³/mol. The summed E-state index contributed by atoms with van der Waals surface area (Å²) >= 11 is 0. The van der Waals surface area contributed by atoms with Gasteiger partial charge in [0.15, 0.2) is 0 Å². The van der Waals surface area contributed by atoms with E-state index in [1.54, 1.807) is 0 Å². The van der Waals surface area contributed by atoms with Gasteiger partial charge in [-0.2, -0.15) is 0 Å². The Bertz CT molecular complexity index is 305. The van der Waals surface area contributed by atoms with Gasteiger partial charge in [-0.05, 0) is 24.0 Å². The van der Waals surface area contributed by atoms with Crippen molar-refractivity contribution in [2.24, 2.45) is 5.73 Å². The minimum absolute atomic E-state index is 0.148. The quantitative estimate of drug-likeness (QED) is 0.756. The van der Waals surface area contributed by atoms with E-state index in [1.807, 2.05) is 24.3 Å². The van der Waals surface area contributed by atoms with E-state index in [1.165, 1.54) is 0 Å². The van der Waals surface area contributed by atoms with Gasteiger partial charge in [0.05, 0.1) is 6.67 Å². The first kappa shape index (κ1) is 8.70. The van der Waals surface area contributed by atoms with Crippen LogP contribution in [0.15, 0.2) is 24.3 Å². The van der Waals surface area contributed by atoms with Crippen LogP contribution in [0.3, 0.4) is 0 Å². The van der Waals surface area contributed by atoms with Crippen LogP contribution < -0.4 is 5.73 Å². The molecule has 0 aliphatic heterocycles. The van der Waals surface area contributed by atoms with Gasteiger partial charge in [-0.25, -0.2) is 0 Å². The van der Waals surface area contributed by atoms with Gasteiger partial charge in [0.25, 0.3) is 0 Å². The van der Waals surface area contributed by atoms with Gasteiger partial charge in [0.1, 0.15) is 0 Å². The Morgan fingerprint density at radius 1 is 1.38 bits per heavy atom. The van der Waals surface area contributed by atoms with E-state index >= 15 is 0 Å². The van der Waals surface area contributed by atoms with Gasteiger partial charge in [-0.15, -0.1) is 0 Å². The summed E-state index contributed by atoms with van der Waals surface area (Å²) in [6, 6.07) is 7.99. The zero-order valence-electron chi connectivity index (χ0n) is 7.59. The van der Waals surface area contributed by atoms with Crippen molar-refractivity contribution < 1.29 is 4.39 Å². The first-order chi connectivity index (χ1) is 6.30. The maximum atomic E-state index is 12.7. The Morgan fingerprint density at radius 3 is 2.69 bits per heavy atom. The van der Waals surface area contributed by atoms with Crippen molar-refractivity contribution in [1.29, 1.82) is 0 Å². The summed E-state index contributed by atoms with van der Waals surface area (Å²) in [5, 5.41) is 0. The standard InChI is InChI=1S/C11H14FN/c12-8-11(4-5-11)10-3-1-2-9(6-10)7-13/h1-3,6H,4-5,7-8,13H2. The zero-order valence-corrected chi connectivity index (χ0v) is 7.59. The van der Waals surface area contributed by atoms with Crippen molar-refractivity contribution in [3.05, 3.63) is 35.4 Å². The van der Waals surface area contributed by atoms with Gasteiger partial charge in [0, 0.05) is 12.0 Å². The molecule has 2 rings (SSSR count). The molecule has 0 aromatic heterocycles. The lowest BCUT2D eigenvalue weighted by atomic mass is 9.96. The fourth-order valence-electron chi connectivity index (χ4n) is 1.68. The lowest BCUT2D eigenvalue weighted by Gasteiger charge is -2.11. The fourth-order valence-corrected chi connectivity index (χ4v) is 1.68. The first-order valence-corrected chi connectivity index (χ1v) is 4.66. The maximum Gasteiger partial charge on any atom is 0.0990 e. The third kappa shape index (κ3) is 1.46. The number of rotatable bonds is 3. The second-order valence-electron chi connectivity index (χ2n) is 3.82. The van der Waals surface area contributed by atoms with Crippen LogP contribution in [0.4, 0.5) is 4.39 Å². The molecule has 1 aliphatic carbocycles. The lowest BCUT2D eigenvalue weighted by Crippen LogP contribution is -2.09. The molecular weight excluding hydrogens is 165 g/mol. The Morgan fingerprint density at radius 2 is 2.15 bits per heavy atom. The van der Waals surface area contributed by atoms with E-state index in [-0.39, 0.29) is 12.1 Å². The van der Waals surface area contributed by atoms with Gasteiger partial charge >= 0.3 is 0 Å². The molecule has 2 heteroatoms. The smallest absolute Gasteiger partial charge is 0.0990 e. The van der Waals surface area contributed by atoms with Crippen LogP contribution in [0, 0.1) is 0 Å². The molecule has 1 saturated carbocycles. The van der Waals surface area contributed by atoms with Crippen molar-refractivity contribution in [2.45, 2.75) is 24.8 Å². The van der Waals surface area contributed by atoms with Gasteiger partial charge in [-0.3, -0.25) is 4.39 Å². The highest BCUT2D eigenvalue weighted by Crippen LogP contribution is 2.48. The van der Waals surface area contributed by atoms with E-state index in [4.69, 9.17) is 5.73 Å². The molecule has 0 amide bonds. The molecule has 0 saturated heterocycles. The third-order valence-corrected chi connectivity index (χ3v) is 2.88. The first-order valence-electron chi connectivity index (χ1n) is 4.66. The maximum absolute atomic E-state index is 12.7. The molecule has 0 atom stereocenters. The topological polar surface area (TPSA) is 26.0 Å². The highest BCUT2D eigenvalue weighted by molar-refractivity contribution is 5.34. The monoisotopic (exact) mass is 179 g/mol. The second-order valence-corrected chi connectivity index (χ2v) is 3.82. The summed E-state index contributed by atoms with van der Waals surface area (Å²) in [5.41, 5.74) is 7.60. The Balaban J connectivity index is 2.30. The van der Waals surface area contributed by atoms with Crippen LogP contribution in [0.1, 0.15) is 24.0 Å². The Labute approximate surface area is 77.8 Å². The van der Waals surface area contributed by atoms with Crippen molar-refractivity contribution in [1.82, 2.24) is 0 Å². The summed E-state index contributed by atoms with van der Waals surface area (Å²) < 4.78 is 12.7. The summed E-state index contributed by atoms with van der Waals surface area (Å²) in [4.78, 5) is 0.